The van der Waals surface area contributed by atoms with Crippen LogP contribution in [-0.4, -0.2) is 17.3 Å². The Morgan fingerprint density at radius 2 is 1.85 bits per heavy atom. The van der Waals surface area contributed by atoms with Crippen molar-refractivity contribution >= 4 is 27.5 Å². The highest BCUT2D eigenvalue weighted by Crippen LogP contribution is 2.47. The molecule has 1 rings (SSSR count). The number of hydrogen-bond donors (Lipinski definition) is 2. The Morgan fingerprint density at radius 1 is 1.31 bits per heavy atom. The molecule has 2 N–H and O–H groups in total. The number of rotatable bonds is 1. The zero-order valence-electron chi connectivity index (χ0n) is 7.06. The molecule has 0 bridgehead atoms. The van der Waals surface area contributed by atoms with E-state index in [-0.39, 0.29) is 21.7 Å². The van der Waals surface area contributed by atoms with Crippen LogP contribution in [0.25, 0.3) is 0 Å². The monoisotopic (exact) mass is 266 g/mol. The van der Waals surface area contributed by atoms with Gasteiger partial charge in [-0.05, 0) is 22.9 Å². The van der Waals surface area contributed by atoms with Gasteiger partial charge in [0.05, 0.1) is 16.6 Å². The van der Waals surface area contributed by atoms with Gasteiger partial charge in [-0.15, -0.1) is 0 Å². The Hall–Kier alpha value is -0.610. The summed E-state index contributed by atoms with van der Waals surface area (Å²) in [7, 11) is 1.39. The van der Waals surface area contributed by atoms with Crippen molar-refractivity contribution in [3.63, 3.8) is 0 Å². The van der Waals surface area contributed by atoms with E-state index in [0.29, 0.717) is 10.6 Å². The maximum Gasteiger partial charge on any atom is 0.202 e. The van der Waals surface area contributed by atoms with E-state index in [2.05, 4.69) is 15.9 Å². The molecule has 1 aromatic rings. The normalized spacial score (nSPS) is 10.2. The topological polar surface area (TPSA) is 49.7 Å². The standard InChI is InChI=1S/C8H8BrClO3/c1-3-5(10)4(9)6(11)7(12)8(3)13-2/h11-12H,1-2H3. The van der Waals surface area contributed by atoms with Crippen molar-refractivity contribution in [1.82, 2.24) is 0 Å². The minimum atomic E-state index is -0.313. The van der Waals surface area contributed by atoms with Crippen LogP contribution in [0.4, 0.5) is 0 Å². The van der Waals surface area contributed by atoms with Crippen LogP contribution in [0.3, 0.4) is 0 Å². The predicted octanol–water partition coefficient (Wildman–Crippen LogP) is 2.83. The Bertz CT molecular complexity index is 323. The van der Waals surface area contributed by atoms with E-state index in [4.69, 9.17) is 16.3 Å². The third kappa shape index (κ3) is 1.56. The molecule has 0 saturated heterocycles. The molecule has 0 aliphatic rings. The van der Waals surface area contributed by atoms with Gasteiger partial charge in [-0.3, -0.25) is 0 Å². The number of halogens is 2. The van der Waals surface area contributed by atoms with Crippen molar-refractivity contribution in [3.8, 4) is 17.2 Å². The summed E-state index contributed by atoms with van der Waals surface area (Å²) in [6.45, 7) is 1.69. The highest BCUT2D eigenvalue weighted by molar-refractivity contribution is 9.10. The first-order valence-electron chi connectivity index (χ1n) is 3.44. The zero-order chi connectivity index (χ0) is 10.2. The largest absolute Gasteiger partial charge is 0.503 e. The molecule has 0 spiro atoms. The highest BCUT2D eigenvalue weighted by Gasteiger charge is 2.19. The van der Waals surface area contributed by atoms with Crippen molar-refractivity contribution < 1.29 is 14.9 Å². The van der Waals surface area contributed by atoms with E-state index in [9.17, 15) is 10.2 Å². The van der Waals surface area contributed by atoms with E-state index in [1.807, 2.05) is 0 Å². The number of methoxy groups -OCH3 is 1. The quantitative estimate of drug-likeness (QED) is 0.769. The molecule has 0 radical (unpaired) electrons. The summed E-state index contributed by atoms with van der Waals surface area (Å²) in [6.07, 6.45) is 0. The Morgan fingerprint density at radius 3 is 2.31 bits per heavy atom. The second-order valence-electron chi connectivity index (χ2n) is 2.48. The second-order valence-corrected chi connectivity index (χ2v) is 3.65. The molecule has 3 nitrogen and oxygen atoms in total. The summed E-state index contributed by atoms with van der Waals surface area (Å²) in [4.78, 5) is 0. The van der Waals surface area contributed by atoms with Crippen molar-refractivity contribution in [2.45, 2.75) is 6.92 Å². The third-order valence-corrected chi connectivity index (χ3v) is 3.19. The summed E-state index contributed by atoms with van der Waals surface area (Å²) in [5, 5.41) is 19.1. The molecule has 0 heterocycles. The Kier molecular flexibility index (Phi) is 2.93. The number of aromatic hydroxyl groups is 2. The summed E-state index contributed by atoms with van der Waals surface area (Å²) < 4.78 is 5.15. The molecular formula is C8H8BrClO3. The molecule has 5 heteroatoms. The molecule has 0 atom stereocenters. The van der Waals surface area contributed by atoms with Crippen molar-refractivity contribution in [2.75, 3.05) is 7.11 Å². The molecule has 0 amide bonds. The van der Waals surface area contributed by atoms with Crippen LogP contribution in [0.15, 0.2) is 4.47 Å². The van der Waals surface area contributed by atoms with E-state index in [1.54, 1.807) is 6.92 Å². The zero-order valence-corrected chi connectivity index (χ0v) is 9.40. The van der Waals surface area contributed by atoms with Crippen LogP contribution < -0.4 is 4.74 Å². The first-order valence-corrected chi connectivity index (χ1v) is 4.61. The van der Waals surface area contributed by atoms with Crippen LogP contribution in [0.5, 0.6) is 17.2 Å². The smallest absolute Gasteiger partial charge is 0.202 e. The van der Waals surface area contributed by atoms with Gasteiger partial charge < -0.3 is 14.9 Å². The van der Waals surface area contributed by atoms with Crippen LogP contribution in [0, 0.1) is 6.92 Å². The lowest BCUT2D eigenvalue weighted by molar-refractivity contribution is 0.348. The second kappa shape index (κ2) is 3.64. The van der Waals surface area contributed by atoms with Crippen LogP contribution in [0.2, 0.25) is 5.02 Å². The average molecular weight is 268 g/mol. The summed E-state index contributed by atoms with van der Waals surface area (Å²) >= 11 is 8.89. The lowest BCUT2D eigenvalue weighted by atomic mass is 10.2. The van der Waals surface area contributed by atoms with E-state index >= 15 is 0 Å². The minimum Gasteiger partial charge on any atom is -0.503 e. The van der Waals surface area contributed by atoms with Gasteiger partial charge >= 0.3 is 0 Å². The van der Waals surface area contributed by atoms with Gasteiger partial charge in [0.15, 0.2) is 11.5 Å². The van der Waals surface area contributed by atoms with Crippen molar-refractivity contribution in [2.24, 2.45) is 0 Å². The average Bonchev–Trinajstić information content (AvgIpc) is 2.13. The minimum absolute atomic E-state index is 0.186. The van der Waals surface area contributed by atoms with Gasteiger partial charge in [0, 0.05) is 5.56 Å². The fraction of sp³-hybridized carbons (Fsp3) is 0.250. The molecule has 0 fully saturated rings. The predicted molar refractivity (Wildman–Crippen MR) is 53.8 cm³/mol. The third-order valence-electron chi connectivity index (χ3n) is 1.71. The SMILES string of the molecule is COc1c(C)c(Cl)c(Br)c(O)c1O. The lowest BCUT2D eigenvalue weighted by Gasteiger charge is -2.11. The van der Waals surface area contributed by atoms with Crippen molar-refractivity contribution in [3.05, 3.63) is 15.1 Å². The molecule has 0 aromatic heterocycles. The van der Waals surface area contributed by atoms with E-state index in [0.717, 1.165) is 0 Å². The van der Waals surface area contributed by atoms with Gasteiger partial charge in [-0.1, -0.05) is 11.6 Å². The van der Waals surface area contributed by atoms with Gasteiger partial charge in [-0.25, -0.2) is 0 Å². The molecule has 0 saturated carbocycles. The molecule has 72 valence electrons. The lowest BCUT2D eigenvalue weighted by Crippen LogP contribution is -1.90. The van der Waals surface area contributed by atoms with Crippen LogP contribution in [0.1, 0.15) is 5.56 Å². The highest BCUT2D eigenvalue weighted by atomic mass is 79.9. The van der Waals surface area contributed by atoms with Gasteiger partial charge in [0.2, 0.25) is 5.75 Å². The first kappa shape index (κ1) is 10.5. The number of phenols is 2. The molecule has 0 aliphatic heterocycles. The molecular weight excluding hydrogens is 259 g/mol. The number of ether oxygens (including phenoxy) is 1. The number of phenolic OH excluding ortho intramolecular Hbond substituents is 2. The maximum absolute atomic E-state index is 9.42. The van der Waals surface area contributed by atoms with Gasteiger partial charge in [-0.2, -0.15) is 0 Å². The van der Waals surface area contributed by atoms with Gasteiger partial charge in [0.1, 0.15) is 0 Å². The summed E-state index contributed by atoms with van der Waals surface area (Å²) in [6, 6.07) is 0. The van der Waals surface area contributed by atoms with E-state index in [1.165, 1.54) is 7.11 Å². The maximum atomic E-state index is 9.42. The molecule has 1 aromatic carbocycles. The summed E-state index contributed by atoms with van der Waals surface area (Å²) in [5.74, 6) is -0.436. The van der Waals surface area contributed by atoms with Gasteiger partial charge in [0.25, 0.3) is 0 Å². The van der Waals surface area contributed by atoms with Crippen LogP contribution >= 0.6 is 27.5 Å². The Balaban J connectivity index is 3.56. The number of benzene rings is 1. The molecule has 0 aliphatic carbocycles. The van der Waals surface area contributed by atoms with Crippen LogP contribution in [-0.2, 0) is 0 Å². The molecule has 0 unspecified atom stereocenters. The number of hydrogen-bond acceptors (Lipinski definition) is 3. The first-order chi connectivity index (χ1) is 6.00. The van der Waals surface area contributed by atoms with Crippen molar-refractivity contribution in [1.29, 1.82) is 0 Å². The fourth-order valence-corrected chi connectivity index (χ4v) is 1.67. The Labute approximate surface area is 89.0 Å². The fourth-order valence-electron chi connectivity index (χ4n) is 1.01. The van der Waals surface area contributed by atoms with E-state index < -0.39 is 0 Å². The summed E-state index contributed by atoms with van der Waals surface area (Å²) in [5.41, 5.74) is 0.575. The molecule has 13 heavy (non-hydrogen) atoms.